The Labute approximate surface area is 97.9 Å². The molecule has 102 valence electrons. The van der Waals surface area contributed by atoms with Gasteiger partial charge in [-0.3, -0.25) is 4.79 Å². The van der Waals surface area contributed by atoms with E-state index in [1.807, 2.05) is 0 Å². The molecule has 0 heterocycles. The zero-order chi connectivity index (χ0) is 13.8. The average molecular weight is 241 g/mol. The van der Waals surface area contributed by atoms with Gasteiger partial charge in [0, 0.05) is 26.4 Å². The highest BCUT2D eigenvalue weighted by atomic mass is 16.4. The minimum Gasteiger partial charge on any atom is -0.481 e. The number of rotatable bonds is 3. The second-order valence-corrected chi connectivity index (χ2v) is 2.20. The lowest BCUT2D eigenvalue weighted by Crippen LogP contribution is -2.11. The normalized spacial score (nSPS) is 7.19. The van der Waals surface area contributed by atoms with Gasteiger partial charge in [0.2, 0.25) is 0 Å². The molecule has 0 unspecified atom stereocenters. The SMILES string of the molecule is CCO.CCO.CCO.CNCCC(=O)O. The van der Waals surface area contributed by atoms with Gasteiger partial charge < -0.3 is 25.7 Å². The fourth-order valence-corrected chi connectivity index (χ4v) is 0.232. The number of carboxylic acid groups (broad SMARTS) is 1. The van der Waals surface area contributed by atoms with Crippen LogP contribution in [0.3, 0.4) is 0 Å². The van der Waals surface area contributed by atoms with Gasteiger partial charge in [-0.1, -0.05) is 0 Å². The van der Waals surface area contributed by atoms with Crippen LogP contribution in [0.4, 0.5) is 0 Å². The number of carboxylic acids is 1. The number of aliphatic hydroxyl groups is 3. The molecule has 0 saturated heterocycles. The highest BCUT2D eigenvalue weighted by Crippen LogP contribution is 1.70. The summed E-state index contributed by atoms with van der Waals surface area (Å²) in [7, 11) is 1.73. The largest absolute Gasteiger partial charge is 0.481 e. The fourth-order valence-electron chi connectivity index (χ4n) is 0.232. The van der Waals surface area contributed by atoms with Crippen LogP contribution in [0.1, 0.15) is 27.2 Å². The number of carbonyl (C=O) groups is 1. The Morgan fingerprint density at radius 2 is 1.25 bits per heavy atom. The molecule has 6 heteroatoms. The molecule has 6 nitrogen and oxygen atoms in total. The van der Waals surface area contributed by atoms with Gasteiger partial charge in [-0.05, 0) is 27.8 Å². The zero-order valence-electron chi connectivity index (χ0n) is 10.7. The van der Waals surface area contributed by atoms with Gasteiger partial charge in [0.1, 0.15) is 0 Å². The lowest BCUT2D eigenvalue weighted by molar-refractivity contribution is -0.136. The summed E-state index contributed by atoms with van der Waals surface area (Å²) in [6, 6.07) is 0. The molecule has 0 amide bonds. The van der Waals surface area contributed by atoms with Gasteiger partial charge in [0.05, 0.1) is 6.42 Å². The highest BCUT2D eigenvalue weighted by Gasteiger charge is 1.90. The maximum Gasteiger partial charge on any atom is 0.304 e. The van der Waals surface area contributed by atoms with E-state index in [1.165, 1.54) is 0 Å². The summed E-state index contributed by atoms with van der Waals surface area (Å²) in [5, 5.41) is 33.4. The maximum absolute atomic E-state index is 9.72. The van der Waals surface area contributed by atoms with E-state index in [9.17, 15) is 4.79 Å². The van der Waals surface area contributed by atoms with E-state index in [4.69, 9.17) is 20.4 Å². The van der Waals surface area contributed by atoms with Crippen molar-refractivity contribution in [3.8, 4) is 0 Å². The van der Waals surface area contributed by atoms with E-state index < -0.39 is 5.97 Å². The molecule has 0 atom stereocenters. The Morgan fingerprint density at radius 3 is 1.31 bits per heavy atom. The monoisotopic (exact) mass is 241 g/mol. The van der Waals surface area contributed by atoms with Crippen molar-refractivity contribution in [3.05, 3.63) is 0 Å². The van der Waals surface area contributed by atoms with E-state index in [2.05, 4.69) is 5.32 Å². The summed E-state index contributed by atoms with van der Waals surface area (Å²) in [4.78, 5) is 9.72. The van der Waals surface area contributed by atoms with Crippen molar-refractivity contribution < 1.29 is 25.2 Å². The summed E-state index contributed by atoms with van der Waals surface area (Å²) in [5.41, 5.74) is 0. The van der Waals surface area contributed by atoms with Crippen molar-refractivity contribution >= 4 is 5.97 Å². The molecule has 5 N–H and O–H groups in total. The smallest absolute Gasteiger partial charge is 0.304 e. The van der Waals surface area contributed by atoms with Crippen LogP contribution in [0.2, 0.25) is 0 Å². The minimum absolute atomic E-state index is 0.205. The Balaban J connectivity index is -0.0000000677. The Bertz CT molecular complexity index is 96.5. The van der Waals surface area contributed by atoms with Crippen LogP contribution in [0.15, 0.2) is 0 Å². The van der Waals surface area contributed by atoms with Gasteiger partial charge in [-0.15, -0.1) is 0 Å². The number of nitrogens with one attached hydrogen (secondary N) is 1. The summed E-state index contributed by atoms with van der Waals surface area (Å²) in [6.07, 6.45) is 0.205. The second-order valence-electron chi connectivity index (χ2n) is 2.20. The second kappa shape index (κ2) is 36.7. The molecule has 0 aliphatic carbocycles. The Hall–Kier alpha value is -0.690. The van der Waals surface area contributed by atoms with E-state index in [0.29, 0.717) is 6.54 Å². The first kappa shape index (κ1) is 24.5. The van der Waals surface area contributed by atoms with Crippen LogP contribution in [-0.2, 0) is 4.79 Å². The molecular formula is C10H27NO5. The Morgan fingerprint density at radius 1 is 1.00 bits per heavy atom. The van der Waals surface area contributed by atoms with Crippen molar-refractivity contribution in [3.63, 3.8) is 0 Å². The van der Waals surface area contributed by atoms with E-state index in [-0.39, 0.29) is 26.2 Å². The number of hydrogen-bond acceptors (Lipinski definition) is 5. The van der Waals surface area contributed by atoms with Crippen molar-refractivity contribution in [1.29, 1.82) is 0 Å². The molecule has 0 rings (SSSR count). The van der Waals surface area contributed by atoms with E-state index in [0.717, 1.165) is 0 Å². The van der Waals surface area contributed by atoms with Crippen LogP contribution in [-0.4, -0.2) is 59.8 Å². The average Bonchev–Trinajstić information content (AvgIpc) is 2.18. The van der Waals surface area contributed by atoms with Crippen molar-refractivity contribution in [2.75, 3.05) is 33.4 Å². The first-order valence-electron chi connectivity index (χ1n) is 5.20. The van der Waals surface area contributed by atoms with E-state index in [1.54, 1.807) is 27.8 Å². The molecule has 0 aliphatic rings. The third-order valence-electron chi connectivity index (χ3n) is 0.589. The molecule has 0 bridgehead atoms. The maximum atomic E-state index is 9.72. The summed E-state index contributed by atoms with van der Waals surface area (Å²) in [6.45, 7) is 6.34. The molecule has 0 aromatic heterocycles. The Kier molecular flexibility index (Phi) is 56.2. The van der Waals surface area contributed by atoms with Crippen LogP contribution < -0.4 is 5.32 Å². The summed E-state index contributed by atoms with van der Waals surface area (Å²) >= 11 is 0. The highest BCUT2D eigenvalue weighted by molar-refractivity contribution is 5.66. The summed E-state index contributed by atoms with van der Waals surface area (Å²) in [5.74, 6) is -0.755. The molecule has 0 saturated carbocycles. The standard InChI is InChI=1S/C4H9NO2.3C2H6O/c1-5-3-2-4(6)7;3*1-2-3/h5H,2-3H2,1H3,(H,6,7);3*3H,2H2,1H3. The van der Waals surface area contributed by atoms with Crippen LogP contribution in [0.5, 0.6) is 0 Å². The molecule has 0 aromatic carbocycles. The first-order chi connectivity index (χ1) is 7.51. The lowest BCUT2D eigenvalue weighted by atomic mass is 10.4. The van der Waals surface area contributed by atoms with Crippen LogP contribution in [0, 0.1) is 0 Å². The lowest BCUT2D eigenvalue weighted by Gasteiger charge is -1.88. The van der Waals surface area contributed by atoms with Crippen LogP contribution in [0.25, 0.3) is 0 Å². The van der Waals surface area contributed by atoms with Gasteiger partial charge in [0.25, 0.3) is 0 Å². The van der Waals surface area contributed by atoms with E-state index >= 15 is 0 Å². The third-order valence-corrected chi connectivity index (χ3v) is 0.589. The quantitative estimate of drug-likeness (QED) is 0.463. The van der Waals surface area contributed by atoms with Crippen molar-refractivity contribution in [2.24, 2.45) is 0 Å². The summed E-state index contributed by atoms with van der Waals surface area (Å²) < 4.78 is 0. The van der Waals surface area contributed by atoms with Crippen molar-refractivity contribution in [2.45, 2.75) is 27.2 Å². The zero-order valence-corrected chi connectivity index (χ0v) is 10.7. The first-order valence-corrected chi connectivity index (χ1v) is 5.20. The predicted molar refractivity (Wildman–Crippen MR) is 64.5 cm³/mol. The minimum atomic E-state index is -0.755. The molecule has 0 aromatic rings. The third kappa shape index (κ3) is 184. The molecular weight excluding hydrogens is 214 g/mol. The van der Waals surface area contributed by atoms with Gasteiger partial charge in [-0.2, -0.15) is 0 Å². The van der Waals surface area contributed by atoms with Gasteiger partial charge in [0.15, 0.2) is 0 Å². The topological polar surface area (TPSA) is 110 Å². The van der Waals surface area contributed by atoms with Crippen molar-refractivity contribution in [1.82, 2.24) is 5.32 Å². The number of aliphatic carboxylic acids is 1. The van der Waals surface area contributed by atoms with Crippen LogP contribution >= 0.6 is 0 Å². The predicted octanol–water partition coefficient (Wildman–Crippen LogP) is -0.324. The molecule has 0 aliphatic heterocycles. The molecule has 0 spiro atoms. The molecule has 0 radical (unpaired) electrons. The molecule has 0 fully saturated rings. The fraction of sp³-hybridized carbons (Fsp3) is 0.900. The van der Waals surface area contributed by atoms with Gasteiger partial charge in [-0.25, -0.2) is 0 Å². The number of aliphatic hydroxyl groups excluding tert-OH is 3. The molecule has 16 heavy (non-hydrogen) atoms. The van der Waals surface area contributed by atoms with Gasteiger partial charge >= 0.3 is 5.97 Å². The number of hydrogen-bond donors (Lipinski definition) is 5.